The zero-order valence-corrected chi connectivity index (χ0v) is 10.6. The number of likely N-dealkylation sites (N-methyl/N-ethyl adjacent to an activating group) is 1. The summed E-state index contributed by atoms with van der Waals surface area (Å²) < 4.78 is 0. The van der Waals surface area contributed by atoms with Crippen molar-refractivity contribution in [1.29, 1.82) is 0 Å². The van der Waals surface area contributed by atoms with Gasteiger partial charge < -0.3 is 5.32 Å². The number of benzene rings is 1. The van der Waals surface area contributed by atoms with E-state index in [0.29, 0.717) is 15.1 Å². The molecule has 0 aliphatic carbocycles. The monoisotopic (exact) mass is 263 g/mol. The number of hydrogen-bond donors (Lipinski definition) is 1. The molecule has 0 aliphatic rings. The molecule has 1 N–H and O–H groups in total. The van der Waals surface area contributed by atoms with Gasteiger partial charge in [0.25, 0.3) is 0 Å². The van der Waals surface area contributed by atoms with E-state index in [1.54, 1.807) is 12.1 Å². The maximum Gasteiger partial charge on any atom is 0.0679 e. The van der Waals surface area contributed by atoms with Gasteiger partial charge in [0.2, 0.25) is 0 Å². The number of rotatable bonds is 4. The highest BCUT2D eigenvalue weighted by atomic mass is 35.5. The average molecular weight is 265 g/mol. The van der Waals surface area contributed by atoms with Crippen LogP contribution in [-0.4, -0.2) is 13.1 Å². The van der Waals surface area contributed by atoms with Gasteiger partial charge in [-0.25, -0.2) is 0 Å². The largest absolute Gasteiger partial charge is 0.314 e. The zero-order valence-electron chi connectivity index (χ0n) is 8.36. The van der Waals surface area contributed by atoms with Crippen LogP contribution in [0.3, 0.4) is 0 Å². The predicted molar refractivity (Wildman–Crippen MR) is 69.0 cm³/mol. The first kappa shape index (κ1) is 12.9. The fourth-order valence-corrected chi connectivity index (χ4v) is 1.76. The lowest BCUT2D eigenvalue weighted by Gasteiger charge is -2.03. The Labute approximate surface area is 105 Å². The van der Waals surface area contributed by atoms with Crippen molar-refractivity contribution in [2.75, 3.05) is 13.1 Å². The van der Waals surface area contributed by atoms with Crippen LogP contribution < -0.4 is 5.32 Å². The van der Waals surface area contributed by atoms with Crippen LogP contribution in [0, 0.1) is 0 Å². The van der Waals surface area contributed by atoms with Crippen LogP contribution in [0.2, 0.25) is 15.1 Å². The van der Waals surface area contributed by atoms with Crippen LogP contribution in [0.15, 0.2) is 18.2 Å². The van der Waals surface area contributed by atoms with Crippen LogP contribution in [0.4, 0.5) is 0 Å². The molecule has 0 atom stereocenters. The highest BCUT2D eigenvalue weighted by Crippen LogP contribution is 2.32. The lowest BCUT2D eigenvalue weighted by Crippen LogP contribution is -2.11. The van der Waals surface area contributed by atoms with Gasteiger partial charge in [0.1, 0.15) is 0 Å². The lowest BCUT2D eigenvalue weighted by molar-refractivity contribution is 0.801. The predicted octanol–water partition coefficient (Wildman–Crippen LogP) is 4.27. The molecule has 0 radical (unpaired) electrons. The van der Waals surface area contributed by atoms with Crippen LogP contribution in [0.25, 0.3) is 6.08 Å². The number of halogens is 3. The maximum atomic E-state index is 6.02. The summed E-state index contributed by atoms with van der Waals surface area (Å²) in [5.41, 5.74) is 0.767. The average Bonchev–Trinajstić information content (AvgIpc) is 2.23. The van der Waals surface area contributed by atoms with Gasteiger partial charge in [-0.05, 0) is 18.7 Å². The minimum atomic E-state index is 0.497. The smallest absolute Gasteiger partial charge is 0.0679 e. The summed E-state index contributed by atoms with van der Waals surface area (Å²) in [4.78, 5) is 0. The van der Waals surface area contributed by atoms with Crippen molar-refractivity contribution in [3.8, 4) is 0 Å². The van der Waals surface area contributed by atoms with Gasteiger partial charge in [0.15, 0.2) is 0 Å². The molecule has 0 spiro atoms. The molecule has 0 unspecified atom stereocenters. The molecular formula is C11H12Cl3N. The fraction of sp³-hybridized carbons (Fsp3) is 0.273. The second kappa shape index (κ2) is 6.39. The first-order valence-electron chi connectivity index (χ1n) is 4.67. The van der Waals surface area contributed by atoms with Crippen molar-refractivity contribution < 1.29 is 0 Å². The quantitative estimate of drug-likeness (QED) is 0.632. The summed E-state index contributed by atoms with van der Waals surface area (Å²) in [6.07, 6.45) is 3.84. The van der Waals surface area contributed by atoms with E-state index in [1.807, 2.05) is 19.1 Å². The summed E-state index contributed by atoms with van der Waals surface area (Å²) >= 11 is 17.9. The Bertz CT molecular complexity index is 361. The van der Waals surface area contributed by atoms with Crippen LogP contribution in [0.1, 0.15) is 12.5 Å². The molecule has 1 aromatic rings. The molecule has 0 aromatic heterocycles. The SMILES string of the molecule is CCNC/C=C/c1c(Cl)ccc(Cl)c1Cl. The molecule has 0 amide bonds. The molecule has 1 aromatic carbocycles. The summed E-state index contributed by atoms with van der Waals surface area (Å²) in [7, 11) is 0. The van der Waals surface area contributed by atoms with E-state index < -0.39 is 0 Å². The Morgan fingerprint density at radius 2 is 1.87 bits per heavy atom. The van der Waals surface area contributed by atoms with Gasteiger partial charge >= 0.3 is 0 Å². The maximum absolute atomic E-state index is 6.02. The van der Waals surface area contributed by atoms with Gasteiger partial charge in [-0.1, -0.05) is 53.9 Å². The van der Waals surface area contributed by atoms with E-state index in [2.05, 4.69) is 5.32 Å². The molecule has 0 bridgehead atoms. The Morgan fingerprint density at radius 1 is 1.20 bits per heavy atom. The van der Waals surface area contributed by atoms with Crippen molar-refractivity contribution in [2.24, 2.45) is 0 Å². The van der Waals surface area contributed by atoms with Crippen molar-refractivity contribution >= 4 is 40.9 Å². The van der Waals surface area contributed by atoms with E-state index in [0.717, 1.165) is 18.7 Å². The van der Waals surface area contributed by atoms with Gasteiger partial charge in [0.05, 0.1) is 10.0 Å². The molecule has 0 fully saturated rings. The second-order valence-corrected chi connectivity index (χ2v) is 4.16. The molecule has 82 valence electrons. The molecule has 0 saturated heterocycles. The van der Waals surface area contributed by atoms with Gasteiger partial charge in [-0.2, -0.15) is 0 Å². The summed E-state index contributed by atoms with van der Waals surface area (Å²) in [5, 5.41) is 4.79. The van der Waals surface area contributed by atoms with Crippen molar-refractivity contribution in [3.05, 3.63) is 38.8 Å². The Balaban J connectivity index is 2.84. The van der Waals surface area contributed by atoms with Crippen molar-refractivity contribution in [2.45, 2.75) is 6.92 Å². The van der Waals surface area contributed by atoms with E-state index in [4.69, 9.17) is 34.8 Å². The Kier molecular flexibility index (Phi) is 5.48. The van der Waals surface area contributed by atoms with Crippen LogP contribution in [0.5, 0.6) is 0 Å². The molecule has 1 nitrogen and oxygen atoms in total. The van der Waals surface area contributed by atoms with E-state index in [9.17, 15) is 0 Å². The molecule has 15 heavy (non-hydrogen) atoms. The standard InChI is InChI=1S/C11H12Cl3N/c1-2-15-7-3-4-8-9(12)5-6-10(13)11(8)14/h3-6,15H,2,7H2,1H3/b4-3+. The Morgan fingerprint density at radius 3 is 2.53 bits per heavy atom. The highest BCUT2D eigenvalue weighted by Gasteiger charge is 2.05. The van der Waals surface area contributed by atoms with Crippen molar-refractivity contribution in [3.63, 3.8) is 0 Å². The molecule has 4 heteroatoms. The fourth-order valence-electron chi connectivity index (χ4n) is 1.10. The number of nitrogens with one attached hydrogen (secondary N) is 1. The topological polar surface area (TPSA) is 12.0 Å². The van der Waals surface area contributed by atoms with E-state index >= 15 is 0 Å². The first-order valence-corrected chi connectivity index (χ1v) is 5.81. The molecule has 1 rings (SSSR count). The summed E-state index contributed by atoms with van der Waals surface area (Å²) in [5.74, 6) is 0. The molecule has 0 aliphatic heterocycles. The van der Waals surface area contributed by atoms with Gasteiger partial charge in [0, 0.05) is 17.1 Å². The zero-order chi connectivity index (χ0) is 11.3. The molecule has 0 heterocycles. The van der Waals surface area contributed by atoms with Gasteiger partial charge in [-0.15, -0.1) is 0 Å². The third-order valence-electron chi connectivity index (χ3n) is 1.88. The van der Waals surface area contributed by atoms with Gasteiger partial charge in [-0.3, -0.25) is 0 Å². The molecular weight excluding hydrogens is 252 g/mol. The minimum Gasteiger partial charge on any atom is -0.314 e. The summed E-state index contributed by atoms with van der Waals surface area (Å²) in [6.45, 7) is 3.77. The normalized spacial score (nSPS) is 11.2. The van der Waals surface area contributed by atoms with Crippen LogP contribution in [-0.2, 0) is 0 Å². The molecule has 0 saturated carbocycles. The second-order valence-electron chi connectivity index (χ2n) is 2.97. The van der Waals surface area contributed by atoms with Crippen molar-refractivity contribution in [1.82, 2.24) is 5.32 Å². The summed E-state index contributed by atoms with van der Waals surface area (Å²) in [6, 6.07) is 3.43. The third kappa shape index (κ3) is 3.69. The van der Waals surface area contributed by atoms with Crippen LogP contribution >= 0.6 is 34.8 Å². The minimum absolute atomic E-state index is 0.497. The van der Waals surface area contributed by atoms with E-state index in [1.165, 1.54) is 0 Å². The first-order chi connectivity index (χ1) is 7.16. The Hall–Kier alpha value is -0.210. The highest BCUT2D eigenvalue weighted by molar-refractivity contribution is 6.44. The third-order valence-corrected chi connectivity index (χ3v) is 3.02. The lowest BCUT2D eigenvalue weighted by atomic mass is 10.2. The van der Waals surface area contributed by atoms with E-state index in [-0.39, 0.29) is 0 Å². The number of hydrogen-bond acceptors (Lipinski definition) is 1.